The van der Waals surface area contributed by atoms with Gasteiger partial charge in [0.2, 0.25) is 0 Å². The number of piperidine rings is 6. The van der Waals surface area contributed by atoms with Crippen LogP contribution in [0, 0.1) is 23.7 Å². The van der Waals surface area contributed by atoms with E-state index in [9.17, 15) is 9.59 Å². The molecule has 57 heavy (non-hydrogen) atoms. The van der Waals surface area contributed by atoms with Crippen LogP contribution < -0.4 is 20.1 Å². The Hall–Kier alpha value is -5.20. The van der Waals surface area contributed by atoms with Gasteiger partial charge in [-0.25, -0.2) is 9.59 Å². The average Bonchev–Trinajstić information content (AvgIpc) is 3.26. The molecule has 8 heterocycles. The lowest BCUT2D eigenvalue weighted by Crippen LogP contribution is -2.55. The van der Waals surface area contributed by atoms with Crippen LogP contribution in [0.2, 0.25) is 0 Å². The quantitative estimate of drug-likeness (QED) is 0.100. The van der Waals surface area contributed by atoms with Crippen LogP contribution in [-0.4, -0.2) is 97.5 Å². The molecule has 300 valence electrons. The molecule has 6 saturated heterocycles. The second kappa shape index (κ2) is 17.1. The van der Waals surface area contributed by atoms with Crippen LogP contribution in [0.5, 0.6) is 11.5 Å². The number of methoxy groups -OCH3 is 2. The highest BCUT2D eigenvalue weighted by Gasteiger charge is 2.46. The molecule has 6 fully saturated rings. The summed E-state index contributed by atoms with van der Waals surface area (Å²) < 4.78 is 23.8. The van der Waals surface area contributed by atoms with Crippen molar-refractivity contribution in [1.82, 2.24) is 30.4 Å². The van der Waals surface area contributed by atoms with Gasteiger partial charge in [-0.2, -0.15) is 0 Å². The Balaban J connectivity index is 0.922. The molecule has 0 spiro atoms. The van der Waals surface area contributed by atoms with Crippen LogP contribution in [-0.2, 0) is 9.47 Å². The fraction of sp³-hybridized carbons (Fsp3) is 0.467. The molecule has 6 aliphatic rings. The van der Waals surface area contributed by atoms with Crippen LogP contribution >= 0.6 is 0 Å². The number of hydrogen-bond donors (Lipinski definition) is 2. The first kappa shape index (κ1) is 38.7. The minimum Gasteiger partial charge on any atom is -0.497 e. The van der Waals surface area contributed by atoms with Gasteiger partial charge in [-0.15, -0.1) is 13.2 Å². The van der Waals surface area contributed by atoms with E-state index in [0.29, 0.717) is 54.7 Å². The number of carbonyl (C=O) groups is 2. The van der Waals surface area contributed by atoms with Crippen molar-refractivity contribution in [3.63, 3.8) is 0 Å². The number of ether oxygens (including phenoxy) is 4. The van der Waals surface area contributed by atoms with Gasteiger partial charge in [-0.3, -0.25) is 19.8 Å². The third-order valence-corrected chi connectivity index (χ3v) is 12.9. The van der Waals surface area contributed by atoms with Crippen molar-refractivity contribution in [2.75, 3.05) is 53.5 Å². The van der Waals surface area contributed by atoms with E-state index in [0.717, 1.165) is 84.8 Å². The summed E-state index contributed by atoms with van der Waals surface area (Å²) in [5, 5.41) is 7.69. The predicted octanol–water partition coefficient (Wildman–Crippen LogP) is 7.22. The summed E-state index contributed by atoms with van der Waals surface area (Å²) in [5.74, 6) is 3.28. The molecule has 2 N–H and O–H groups in total. The monoisotopic (exact) mass is 774 g/mol. The fourth-order valence-corrected chi connectivity index (χ4v) is 9.91. The van der Waals surface area contributed by atoms with E-state index in [1.807, 2.05) is 48.5 Å². The van der Waals surface area contributed by atoms with Gasteiger partial charge in [0.15, 0.2) is 0 Å². The van der Waals surface area contributed by atoms with Gasteiger partial charge in [0.25, 0.3) is 0 Å². The minimum absolute atomic E-state index is 0.0175. The number of carbonyl (C=O) groups excluding carboxylic acids is 2. The summed E-state index contributed by atoms with van der Waals surface area (Å²) in [5.41, 5.74) is 3.44. The number of amides is 2. The van der Waals surface area contributed by atoms with Gasteiger partial charge in [0.1, 0.15) is 23.7 Å². The molecule has 6 aliphatic heterocycles. The molecule has 10 rings (SSSR count). The smallest absolute Gasteiger partial charge is 0.407 e. The standard InChI is InChI=1S/C45H54N6O6/c1-5-28-26-50-20-14-30(28)22-40(50)42(34-12-18-46-38-10-8-32(54-3)24-36(34)38)56-44(52)48-16-7-17-49-45(53)57-43(41-23-31-15-21-51(41)27-29(31)6-2)35-13-19-47-39-11-9-33(55-4)25-37(35)39/h5-6,8-13,18-19,24-25,28-31,40-43H,1-2,7,14-17,20-23,26-27H2,3-4H3,(H,48,52)(H,49,53)/t28-,29-,30-,31-,40+,41+,42-,43-/m0/s1. The van der Waals surface area contributed by atoms with Crippen molar-refractivity contribution in [1.29, 1.82) is 0 Å². The highest BCUT2D eigenvalue weighted by molar-refractivity contribution is 5.85. The summed E-state index contributed by atoms with van der Waals surface area (Å²) in [4.78, 5) is 41.1. The van der Waals surface area contributed by atoms with Gasteiger partial charge in [0, 0.05) is 60.5 Å². The van der Waals surface area contributed by atoms with E-state index in [1.54, 1.807) is 26.6 Å². The van der Waals surface area contributed by atoms with Gasteiger partial charge < -0.3 is 29.6 Å². The molecule has 2 amide bonds. The van der Waals surface area contributed by atoms with Gasteiger partial charge in [-0.1, -0.05) is 12.2 Å². The molecule has 4 aromatic rings. The first-order valence-electron chi connectivity index (χ1n) is 20.3. The van der Waals surface area contributed by atoms with Gasteiger partial charge in [0.05, 0.1) is 37.3 Å². The average molecular weight is 775 g/mol. The molecule has 12 nitrogen and oxygen atoms in total. The highest BCUT2D eigenvalue weighted by atomic mass is 16.6. The van der Waals surface area contributed by atoms with E-state index < -0.39 is 24.4 Å². The van der Waals surface area contributed by atoms with Crippen LogP contribution in [0.3, 0.4) is 0 Å². The SMILES string of the molecule is C=C[C@H]1CN2CC[C@H]1C[C@@H]2[C@@H](OC(=O)NCCCNC(=O)O[C@@H](c1ccnc2ccc(OC)cc12)[C@H]1C[C@@H]2CCN1C[C@@H]2C=C)c1ccnc2ccc(OC)cc12. The van der Waals surface area contributed by atoms with Crippen molar-refractivity contribution in [3.05, 3.63) is 97.4 Å². The summed E-state index contributed by atoms with van der Waals surface area (Å²) in [6, 6.07) is 15.5. The molecular weight excluding hydrogens is 721 g/mol. The number of nitrogens with zero attached hydrogens (tertiary/aromatic N) is 4. The number of aromatic nitrogens is 2. The van der Waals surface area contributed by atoms with E-state index in [2.05, 4.69) is 55.7 Å². The maximum Gasteiger partial charge on any atom is 0.407 e. The second-order valence-electron chi connectivity index (χ2n) is 15.9. The molecule has 2 aromatic carbocycles. The summed E-state index contributed by atoms with van der Waals surface area (Å²) in [6.45, 7) is 12.5. The lowest BCUT2D eigenvalue weighted by atomic mass is 9.73. The Bertz CT molecular complexity index is 1960. The fourth-order valence-electron chi connectivity index (χ4n) is 9.91. The normalized spacial score (nSPS) is 27.3. The number of alkyl carbamates (subject to hydrolysis) is 2. The maximum absolute atomic E-state index is 13.5. The van der Waals surface area contributed by atoms with Crippen molar-refractivity contribution in [3.8, 4) is 11.5 Å². The molecule has 10 atom stereocenters. The first-order valence-corrected chi connectivity index (χ1v) is 20.3. The largest absolute Gasteiger partial charge is 0.497 e. The van der Waals surface area contributed by atoms with E-state index >= 15 is 0 Å². The van der Waals surface area contributed by atoms with E-state index in [-0.39, 0.29) is 12.1 Å². The Morgan fingerprint density at radius 1 is 0.737 bits per heavy atom. The molecule has 4 bridgehead atoms. The Morgan fingerprint density at radius 2 is 1.19 bits per heavy atom. The van der Waals surface area contributed by atoms with Crippen molar-refractivity contribution in [2.45, 2.75) is 56.4 Å². The molecule has 2 unspecified atom stereocenters. The predicted molar refractivity (Wildman–Crippen MR) is 219 cm³/mol. The summed E-state index contributed by atoms with van der Waals surface area (Å²) >= 11 is 0. The zero-order valence-electron chi connectivity index (χ0n) is 33.0. The molecular formula is C45H54N6O6. The van der Waals surface area contributed by atoms with E-state index in [4.69, 9.17) is 18.9 Å². The number of hydrogen-bond acceptors (Lipinski definition) is 10. The molecule has 0 radical (unpaired) electrons. The van der Waals surface area contributed by atoms with Crippen LogP contribution in [0.4, 0.5) is 9.59 Å². The second-order valence-corrected chi connectivity index (χ2v) is 15.9. The summed E-state index contributed by atoms with van der Waals surface area (Å²) in [7, 11) is 3.29. The first-order chi connectivity index (χ1) is 27.9. The molecule has 12 heteroatoms. The lowest BCUT2D eigenvalue weighted by molar-refractivity contribution is -0.0499. The minimum atomic E-state index is -0.516. The van der Waals surface area contributed by atoms with Crippen molar-refractivity contribution >= 4 is 34.0 Å². The molecule has 0 saturated carbocycles. The Labute approximate surface area is 334 Å². The zero-order chi connectivity index (χ0) is 39.5. The number of benzene rings is 2. The molecule has 2 aromatic heterocycles. The highest BCUT2D eigenvalue weighted by Crippen LogP contribution is 2.45. The maximum atomic E-state index is 13.5. The van der Waals surface area contributed by atoms with Gasteiger partial charge in [-0.05, 0) is 117 Å². The topological polar surface area (TPSA) is 127 Å². The number of fused-ring (bicyclic) bond motifs is 8. The zero-order valence-corrected chi connectivity index (χ0v) is 33.0. The lowest BCUT2D eigenvalue weighted by Gasteiger charge is -2.51. The van der Waals surface area contributed by atoms with E-state index in [1.165, 1.54) is 0 Å². The molecule has 0 aliphatic carbocycles. The van der Waals surface area contributed by atoms with Gasteiger partial charge >= 0.3 is 12.2 Å². The number of rotatable bonds is 14. The summed E-state index contributed by atoms with van der Waals surface area (Å²) in [6.07, 6.45) is 10.2. The third-order valence-electron chi connectivity index (χ3n) is 12.9. The number of pyridine rings is 2. The van der Waals surface area contributed by atoms with Crippen LogP contribution in [0.1, 0.15) is 55.4 Å². The van der Waals surface area contributed by atoms with Crippen molar-refractivity contribution < 1.29 is 28.5 Å². The number of nitrogens with one attached hydrogen (secondary N) is 2. The van der Waals surface area contributed by atoms with Crippen molar-refractivity contribution in [2.24, 2.45) is 23.7 Å². The van der Waals surface area contributed by atoms with Crippen LogP contribution in [0.25, 0.3) is 21.8 Å². The Morgan fingerprint density at radius 3 is 1.58 bits per heavy atom. The Kier molecular flexibility index (Phi) is 11.6. The third kappa shape index (κ3) is 8.02. The van der Waals surface area contributed by atoms with Crippen LogP contribution in [0.15, 0.2) is 86.2 Å².